The molecule has 0 fully saturated rings. The highest BCUT2D eigenvalue weighted by Crippen LogP contribution is 2.26. The number of rotatable bonds is 4. The molecule has 150 valence electrons. The lowest BCUT2D eigenvalue weighted by Crippen LogP contribution is -2.35. The Hall–Kier alpha value is -3.29. The molecule has 4 aromatic rings. The van der Waals surface area contributed by atoms with Crippen molar-refractivity contribution >= 4 is 51.8 Å². The molecule has 2 aromatic heterocycles. The first-order chi connectivity index (χ1) is 14.5. The van der Waals surface area contributed by atoms with E-state index in [-0.39, 0.29) is 17.4 Å². The number of benzene rings is 2. The van der Waals surface area contributed by atoms with Gasteiger partial charge in [-0.15, -0.1) is 0 Å². The number of fused-ring (bicyclic) bond motifs is 1. The minimum atomic E-state index is -0.205. The van der Waals surface area contributed by atoms with Gasteiger partial charge >= 0.3 is 0 Å². The number of nitrogens with one attached hydrogen (secondary N) is 2. The van der Waals surface area contributed by atoms with E-state index in [1.165, 1.54) is 0 Å². The van der Waals surface area contributed by atoms with E-state index in [1.807, 2.05) is 43.3 Å². The molecule has 2 N–H and O–H groups in total. The molecule has 4 rings (SSSR count). The average molecular weight is 437 g/mol. The molecule has 0 aliphatic rings. The van der Waals surface area contributed by atoms with Gasteiger partial charge < -0.3 is 15.1 Å². The van der Waals surface area contributed by atoms with Crippen LogP contribution in [0.4, 0.5) is 5.69 Å². The van der Waals surface area contributed by atoms with Crippen LogP contribution in [0.1, 0.15) is 11.1 Å². The molecule has 2 heterocycles. The number of anilines is 1. The third-order valence-electron chi connectivity index (χ3n) is 4.42. The summed E-state index contributed by atoms with van der Waals surface area (Å²) in [5.74, 6) is 0.292. The van der Waals surface area contributed by atoms with Crippen LogP contribution in [0.25, 0.3) is 22.7 Å². The first kappa shape index (κ1) is 20.0. The maximum absolute atomic E-state index is 12.2. The number of oxazole rings is 1. The second kappa shape index (κ2) is 8.61. The molecule has 8 heteroatoms. The van der Waals surface area contributed by atoms with E-state index in [2.05, 4.69) is 20.6 Å². The third-order valence-corrected chi connectivity index (χ3v) is 4.87. The van der Waals surface area contributed by atoms with E-state index < -0.39 is 0 Å². The molecule has 0 saturated carbocycles. The Balaban J connectivity index is 1.41. The normalized spacial score (nSPS) is 10.7. The van der Waals surface area contributed by atoms with Crippen molar-refractivity contribution in [2.45, 2.75) is 13.3 Å². The summed E-state index contributed by atoms with van der Waals surface area (Å²) < 4.78 is 5.76. The molecular weight excluding hydrogens is 420 g/mol. The maximum Gasteiger partial charge on any atom is 0.230 e. The minimum Gasteiger partial charge on any atom is -0.434 e. The number of halogens is 1. The molecule has 30 heavy (non-hydrogen) atoms. The number of carbonyl (C=O) groups excluding carboxylic acids is 1. The van der Waals surface area contributed by atoms with Gasteiger partial charge in [0, 0.05) is 22.5 Å². The lowest BCUT2D eigenvalue weighted by Gasteiger charge is -2.12. The van der Waals surface area contributed by atoms with Gasteiger partial charge in [0.25, 0.3) is 0 Å². The van der Waals surface area contributed by atoms with E-state index >= 15 is 0 Å². The van der Waals surface area contributed by atoms with Crippen molar-refractivity contribution in [2.75, 3.05) is 5.32 Å². The fourth-order valence-corrected chi connectivity index (χ4v) is 3.29. The summed E-state index contributed by atoms with van der Waals surface area (Å²) in [6, 6.07) is 16.4. The molecule has 0 saturated heterocycles. The monoisotopic (exact) mass is 436 g/mol. The highest BCUT2D eigenvalue weighted by Gasteiger charge is 2.12. The van der Waals surface area contributed by atoms with Crippen LogP contribution in [0.2, 0.25) is 5.02 Å². The molecule has 0 atom stereocenters. The molecule has 2 aromatic carbocycles. The summed E-state index contributed by atoms with van der Waals surface area (Å²) in [6.07, 6.45) is 1.89. The SMILES string of the molecule is Cc1cc(-c2nc3ncccc3o2)ccc1NC(=S)NC(=O)Cc1ccc(Cl)cc1. The zero-order valence-electron chi connectivity index (χ0n) is 16.0. The van der Waals surface area contributed by atoms with Crippen LogP contribution in [0.5, 0.6) is 0 Å². The van der Waals surface area contributed by atoms with E-state index in [9.17, 15) is 4.79 Å². The summed E-state index contributed by atoms with van der Waals surface area (Å²) in [5.41, 5.74) is 4.59. The van der Waals surface area contributed by atoms with Gasteiger partial charge in [0.1, 0.15) is 0 Å². The van der Waals surface area contributed by atoms with Gasteiger partial charge in [0.15, 0.2) is 16.3 Å². The van der Waals surface area contributed by atoms with Crippen LogP contribution in [-0.4, -0.2) is 21.0 Å². The fraction of sp³-hybridized carbons (Fsp3) is 0.0909. The van der Waals surface area contributed by atoms with Crippen LogP contribution in [0, 0.1) is 6.92 Å². The van der Waals surface area contributed by atoms with Crippen molar-refractivity contribution in [1.29, 1.82) is 0 Å². The summed E-state index contributed by atoms with van der Waals surface area (Å²) in [6.45, 7) is 1.94. The molecule has 6 nitrogen and oxygen atoms in total. The highest BCUT2D eigenvalue weighted by atomic mass is 35.5. The minimum absolute atomic E-state index is 0.205. The zero-order valence-corrected chi connectivity index (χ0v) is 17.6. The van der Waals surface area contributed by atoms with Gasteiger partial charge in [0.2, 0.25) is 11.8 Å². The van der Waals surface area contributed by atoms with Gasteiger partial charge in [0.05, 0.1) is 6.42 Å². The summed E-state index contributed by atoms with van der Waals surface area (Å²) in [5, 5.41) is 6.61. The number of thiocarbonyl (C=S) groups is 1. The van der Waals surface area contributed by atoms with Crippen molar-refractivity contribution < 1.29 is 9.21 Å². The van der Waals surface area contributed by atoms with Crippen molar-refractivity contribution in [3.05, 3.63) is 76.9 Å². The van der Waals surface area contributed by atoms with Crippen LogP contribution < -0.4 is 10.6 Å². The average Bonchev–Trinajstić information content (AvgIpc) is 3.15. The fourth-order valence-electron chi connectivity index (χ4n) is 2.94. The van der Waals surface area contributed by atoms with Crippen molar-refractivity contribution in [2.24, 2.45) is 0 Å². The van der Waals surface area contributed by atoms with Gasteiger partial charge in [-0.1, -0.05) is 23.7 Å². The van der Waals surface area contributed by atoms with Crippen molar-refractivity contribution in [1.82, 2.24) is 15.3 Å². The van der Waals surface area contributed by atoms with Crippen molar-refractivity contribution in [3.63, 3.8) is 0 Å². The van der Waals surface area contributed by atoms with E-state index in [1.54, 1.807) is 24.4 Å². The van der Waals surface area contributed by atoms with Gasteiger partial charge in [-0.25, -0.2) is 4.98 Å². The molecule has 0 bridgehead atoms. The summed E-state index contributed by atoms with van der Waals surface area (Å²) >= 11 is 11.1. The molecule has 0 radical (unpaired) electrons. The number of nitrogens with zero attached hydrogens (tertiary/aromatic N) is 2. The van der Waals surface area contributed by atoms with Gasteiger partial charge in [-0.3, -0.25) is 4.79 Å². The molecule has 0 aliphatic carbocycles. The Morgan fingerprint density at radius 3 is 2.70 bits per heavy atom. The number of aromatic nitrogens is 2. The molecule has 0 aliphatic heterocycles. The Labute approximate surface area is 183 Å². The van der Waals surface area contributed by atoms with Crippen molar-refractivity contribution in [3.8, 4) is 11.5 Å². The number of hydrogen-bond donors (Lipinski definition) is 2. The molecule has 1 amide bonds. The lowest BCUT2D eigenvalue weighted by atomic mass is 10.1. The lowest BCUT2D eigenvalue weighted by molar-refractivity contribution is -0.119. The standard InChI is InChI=1S/C22H17ClN4O2S/c1-13-11-15(21-27-20-18(29-21)3-2-10-24-20)6-9-17(13)25-22(30)26-19(28)12-14-4-7-16(23)8-5-14/h2-11H,12H2,1H3,(H2,25,26,28,30). The summed E-state index contributed by atoms with van der Waals surface area (Å²) in [4.78, 5) is 20.8. The molecular formula is C22H17ClN4O2S. The predicted molar refractivity (Wildman–Crippen MR) is 121 cm³/mol. The first-order valence-corrected chi connectivity index (χ1v) is 9.94. The van der Waals surface area contributed by atoms with Gasteiger partial charge in [-0.05, 0) is 72.7 Å². The predicted octanol–water partition coefficient (Wildman–Crippen LogP) is 4.91. The zero-order chi connectivity index (χ0) is 21.1. The Kier molecular flexibility index (Phi) is 5.74. The number of aryl methyl sites for hydroxylation is 1. The number of carbonyl (C=O) groups is 1. The van der Waals surface area contributed by atoms with Crippen LogP contribution in [-0.2, 0) is 11.2 Å². The molecule has 0 unspecified atom stereocenters. The second-order valence-electron chi connectivity index (χ2n) is 6.68. The van der Waals surface area contributed by atoms with Crippen LogP contribution >= 0.6 is 23.8 Å². The number of hydrogen-bond acceptors (Lipinski definition) is 5. The number of pyridine rings is 1. The van der Waals surface area contributed by atoms with E-state index in [0.717, 1.165) is 22.4 Å². The summed E-state index contributed by atoms with van der Waals surface area (Å²) in [7, 11) is 0. The molecule has 0 spiro atoms. The van der Waals surface area contributed by atoms with Gasteiger partial charge in [-0.2, -0.15) is 4.98 Å². The maximum atomic E-state index is 12.2. The Bertz CT molecular complexity index is 1200. The smallest absolute Gasteiger partial charge is 0.230 e. The van der Waals surface area contributed by atoms with E-state index in [4.69, 9.17) is 28.2 Å². The van der Waals surface area contributed by atoms with Crippen LogP contribution in [0.3, 0.4) is 0 Å². The highest BCUT2D eigenvalue weighted by molar-refractivity contribution is 7.80. The van der Waals surface area contributed by atoms with E-state index in [0.29, 0.717) is 22.1 Å². The quantitative estimate of drug-likeness (QED) is 0.442. The van der Waals surface area contributed by atoms with Crippen LogP contribution in [0.15, 0.2) is 65.2 Å². The number of amides is 1. The first-order valence-electron chi connectivity index (χ1n) is 9.16. The Morgan fingerprint density at radius 2 is 1.97 bits per heavy atom. The Morgan fingerprint density at radius 1 is 1.17 bits per heavy atom. The third kappa shape index (κ3) is 4.64. The largest absolute Gasteiger partial charge is 0.434 e. The topological polar surface area (TPSA) is 80.1 Å². The second-order valence-corrected chi connectivity index (χ2v) is 7.52.